The number of aromatic nitrogens is 2. The summed E-state index contributed by atoms with van der Waals surface area (Å²) in [7, 11) is 3.54. The van der Waals surface area contributed by atoms with Gasteiger partial charge in [-0.1, -0.05) is 11.2 Å². The predicted molar refractivity (Wildman–Crippen MR) is 123 cm³/mol. The molecule has 1 aromatic heterocycles. The fourth-order valence-corrected chi connectivity index (χ4v) is 4.50. The standard InChI is InChI=1S/C25H25FN4O3/c1-29-15-19(14-27-29)22-10-5-17(13-23(22)32-2)12-18-4-3-11-30-24(18)28-33-25(30,16-31)20-6-8-21(26)9-7-20/h5-10,12-15,31H,3-4,11,16H2,1-2H3. The van der Waals surface area contributed by atoms with E-state index in [0.29, 0.717) is 17.9 Å². The van der Waals surface area contributed by atoms with Crippen LogP contribution in [-0.2, 0) is 17.6 Å². The van der Waals surface area contributed by atoms with Gasteiger partial charge >= 0.3 is 0 Å². The first kappa shape index (κ1) is 21.2. The number of nitrogens with zero attached hydrogens (tertiary/aromatic N) is 4. The smallest absolute Gasteiger partial charge is 0.260 e. The summed E-state index contributed by atoms with van der Waals surface area (Å²) in [6.07, 6.45) is 7.54. The molecule has 0 radical (unpaired) electrons. The van der Waals surface area contributed by atoms with Gasteiger partial charge in [0.1, 0.15) is 18.2 Å². The topological polar surface area (TPSA) is 72.1 Å². The summed E-state index contributed by atoms with van der Waals surface area (Å²) in [5.74, 6) is 1.11. The van der Waals surface area contributed by atoms with Gasteiger partial charge in [-0.2, -0.15) is 5.10 Å². The van der Waals surface area contributed by atoms with Gasteiger partial charge in [-0.15, -0.1) is 0 Å². The van der Waals surface area contributed by atoms with E-state index in [0.717, 1.165) is 40.9 Å². The number of rotatable bonds is 5. The molecule has 1 N–H and O–H groups in total. The number of ether oxygens (including phenoxy) is 1. The third-order valence-corrected chi connectivity index (χ3v) is 6.18. The van der Waals surface area contributed by atoms with Crippen molar-refractivity contribution in [2.75, 3.05) is 20.3 Å². The maximum Gasteiger partial charge on any atom is 0.260 e. The van der Waals surface area contributed by atoms with Crippen molar-refractivity contribution in [2.24, 2.45) is 12.2 Å². The lowest BCUT2D eigenvalue weighted by atomic mass is 9.94. The normalized spacial score (nSPS) is 21.0. The molecule has 2 aromatic carbocycles. The van der Waals surface area contributed by atoms with Crippen LogP contribution in [0.15, 0.2) is 65.6 Å². The van der Waals surface area contributed by atoms with E-state index in [9.17, 15) is 9.50 Å². The van der Waals surface area contributed by atoms with Crippen molar-refractivity contribution in [2.45, 2.75) is 18.6 Å². The van der Waals surface area contributed by atoms with Crippen molar-refractivity contribution in [3.63, 3.8) is 0 Å². The number of methoxy groups -OCH3 is 1. The summed E-state index contributed by atoms with van der Waals surface area (Å²) in [5, 5.41) is 18.9. The Balaban J connectivity index is 1.47. The maximum absolute atomic E-state index is 13.5. The van der Waals surface area contributed by atoms with Gasteiger partial charge in [-0.05, 0) is 66.5 Å². The summed E-state index contributed by atoms with van der Waals surface area (Å²) < 4.78 is 20.9. The zero-order chi connectivity index (χ0) is 23.0. The van der Waals surface area contributed by atoms with Crippen molar-refractivity contribution in [1.29, 1.82) is 0 Å². The number of hydrogen-bond acceptors (Lipinski definition) is 6. The van der Waals surface area contributed by atoms with Crippen LogP contribution in [-0.4, -0.2) is 45.9 Å². The van der Waals surface area contributed by atoms with E-state index < -0.39 is 5.72 Å². The molecule has 1 unspecified atom stereocenters. The second kappa shape index (κ2) is 8.37. The van der Waals surface area contributed by atoms with Crippen molar-refractivity contribution in [3.05, 3.63) is 77.4 Å². The Morgan fingerprint density at radius 1 is 1.24 bits per heavy atom. The molecular weight excluding hydrogens is 423 g/mol. The Morgan fingerprint density at radius 3 is 2.76 bits per heavy atom. The van der Waals surface area contributed by atoms with Crippen molar-refractivity contribution in [3.8, 4) is 16.9 Å². The van der Waals surface area contributed by atoms with Gasteiger partial charge in [0, 0.05) is 36.5 Å². The van der Waals surface area contributed by atoms with Gasteiger partial charge in [-0.25, -0.2) is 4.39 Å². The molecule has 33 heavy (non-hydrogen) atoms. The summed E-state index contributed by atoms with van der Waals surface area (Å²) in [5.41, 5.74) is 3.45. The summed E-state index contributed by atoms with van der Waals surface area (Å²) in [6.45, 7) is 0.379. The molecule has 170 valence electrons. The van der Waals surface area contributed by atoms with Crippen LogP contribution in [0.4, 0.5) is 4.39 Å². The van der Waals surface area contributed by atoms with E-state index in [1.54, 1.807) is 23.9 Å². The Hall–Kier alpha value is -3.65. The number of aliphatic hydroxyl groups excluding tert-OH is 1. The summed E-state index contributed by atoms with van der Waals surface area (Å²) in [4.78, 5) is 7.79. The number of piperidine rings is 1. The molecule has 8 heteroatoms. The van der Waals surface area contributed by atoms with Gasteiger partial charge in [0.05, 0.1) is 13.3 Å². The molecule has 2 aliphatic heterocycles. The number of hydrogen-bond donors (Lipinski definition) is 1. The lowest BCUT2D eigenvalue weighted by Gasteiger charge is -2.38. The van der Waals surface area contributed by atoms with Crippen LogP contribution in [0, 0.1) is 5.82 Å². The number of aliphatic hydroxyl groups is 1. The number of aryl methyl sites for hydroxylation is 1. The molecular formula is C25H25FN4O3. The second-order valence-electron chi connectivity index (χ2n) is 8.24. The fraction of sp³-hybridized carbons (Fsp3) is 0.280. The largest absolute Gasteiger partial charge is 0.496 e. The van der Waals surface area contributed by atoms with Gasteiger partial charge < -0.3 is 19.6 Å². The summed E-state index contributed by atoms with van der Waals surface area (Å²) >= 11 is 0. The third kappa shape index (κ3) is 3.66. The number of benzene rings is 2. The monoisotopic (exact) mass is 448 g/mol. The Bertz CT molecular complexity index is 1230. The molecule has 0 saturated carbocycles. The molecule has 3 heterocycles. The Labute approximate surface area is 191 Å². The Kier molecular flexibility index (Phi) is 5.38. The van der Waals surface area contributed by atoms with E-state index in [1.807, 2.05) is 42.5 Å². The van der Waals surface area contributed by atoms with E-state index >= 15 is 0 Å². The van der Waals surface area contributed by atoms with Crippen molar-refractivity contribution >= 4 is 11.9 Å². The number of oxime groups is 1. The first-order valence-electron chi connectivity index (χ1n) is 10.8. The quantitative estimate of drug-likeness (QED) is 0.641. The predicted octanol–water partition coefficient (Wildman–Crippen LogP) is 3.90. The number of fused-ring (bicyclic) bond motifs is 1. The van der Waals surface area contributed by atoms with E-state index in [2.05, 4.69) is 16.3 Å². The number of halogens is 1. The zero-order valence-electron chi connectivity index (χ0n) is 18.5. The minimum Gasteiger partial charge on any atom is -0.496 e. The van der Waals surface area contributed by atoms with Crippen LogP contribution in [0.3, 0.4) is 0 Å². The van der Waals surface area contributed by atoms with Gasteiger partial charge in [0.15, 0.2) is 5.84 Å². The highest BCUT2D eigenvalue weighted by atomic mass is 19.1. The molecule has 2 aliphatic rings. The van der Waals surface area contributed by atoms with Crippen LogP contribution in [0.2, 0.25) is 0 Å². The van der Waals surface area contributed by atoms with Crippen LogP contribution in [0.5, 0.6) is 5.75 Å². The fourth-order valence-electron chi connectivity index (χ4n) is 4.50. The second-order valence-corrected chi connectivity index (χ2v) is 8.24. The Morgan fingerprint density at radius 2 is 2.06 bits per heavy atom. The van der Waals surface area contributed by atoms with Crippen LogP contribution in [0.1, 0.15) is 24.0 Å². The van der Waals surface area contributed by atoms with Crippen LogP contribution in [0.25, 0.3) is 17.2 Å². The van der Waals surface area contributed by atoms with Gasteiger partial charge in [-0.3, -0.25) is 4.68 Å². The molecule has 0 spiro atoms. The lowest BCUT2D eigenvalue weighted by Crippen LogP contribution is -2.51. The molecule has 3 aromatic rings. The first-order chi connectivity index (χ1) is 16.0. The minimum absolute atomic E-state index is 0.299. The molecule has 0 amide bonds. The summed E-state index contributed by atoms with van der Waals surface area (Å²) in [6, 6.07) is 12.0. The number of amidine groups is 1. The minimum atomic E-state index is -1.15. The maximum atomic E-state index is 13.5. The van der Waals surface area contributed by atoms with Gasteiger partial charge in [0.25, 0.3) is 5.72 Å². The average Bonchev–Trinajstić information content (AvgIpc) is 3.44. The molecule has 1 saturated heterocycles. The molecule has 1 fully saturated rings. The third-order valence-electron chi connectivity index (χ3n) is 6.18. The van der Waals surface area contributed by atoms with Crippen LogP contribution >= 0.6 is 0 Å². The van der Waals surface area contributed by atoms with Gasteiger partial charge in [0.2, 0.25) is 0 Å². The van der Waals surface area contributed by atoms with E-state index in [1.165, 1.54) is 12.1 Å². The molecule has 5 rings (SSSR count). The lowest BCUT2D eigenvalue weighted by molar-refractivity contribution is -0.137. The average molecular weight is 448 g/mol. The first-order valence-corrected chi connectivity index (χ1v) is 10.8. The molecule has 7 nitrogen and oxygen atoms in total. The zero-order valence-corrected chi connectivity index (χ0v) is 18.5. The highest BCUT2D eigenvalue weighted by Gasteiger charge is 2.49. The molecule has 1 atom stereocenters. The molecule has 0 aliphatic carbocycles. The SMILES string of the molecule is COc1cc(C=C2CCCN3C2=NOC3(CO)c2ccc(F)cc2)ccc1-c1cnn(C)c1. The van der Waals surface area contributed by atoms with Crippen molar-refractivity contribution in [1.82, 2.24) is 14.7 Å². The highest BCUT2D eigenvalue weighted by molar-refractivity contribution is 6.03. The molecule has 0 bridgehead atoms. The van der Waals surface area contributed by atoms with E-state index in [4.69, 9.17) is 9.57 Å². The van der Waals surface area contributed by atoms with Crippen LogP contribution < -0.4 is 4.74 Å². The highest BCUT2D eigenvalue weighted by Crippen LogP contribution is 2.40. The van der Waals surface area contributed by atoms with E-state index in [-0.39, 0.29) is 12.4 Å². The van der Waals surface area contributed by atoms with Crippen molar-refractivity contribution < 1.29 is 19.1 Å².